The first-order chi connectivity index (χ1) is 6.41. The fourth-order valence-corrected chi connectivity index (χ4v) is 3.82. The molecule has 82 valence electrons. The van der Waals surface area contributed by atoms with E-state index in [0.29, 0.717) is 12.3 Å². The number of hydrogen-bond donors (Lipinski definition) is 1. The minimum atomic E-state index is -3.26. The lowest BCUT2D eigenvalue weighted by atomic mass is 10.2. The van der Waals surface area contributed by atoms with Gasteiger partial charge in [-0.05, 0) is 0 Å². The van der Waals surface area contributed by atoms with E-state index in [1.165, 1.54) is 4.31 Å². The molecule has 7 heteroatoms. The summed E-state index contributed by atoms with van der Waals surface area (Å²) in [5, 5.41) is 8.62. The molecule has 1 aliphatic rings. The summed E-state index contributed by atoms with van der Waals surface area (Å²) in [4.78, 5) is 10.5. The van der Waals surface area contributed by atoms with Crippen molar-refractivity contribution < 1.29 is 18.3 Å². The monoisotopic (exact) mass is 239 g/mol. The molecule has 0 radical (unpaired) electrons. The molecule has 0 amide bonds. The molecule has 0 saturated carbocycles. The number of carbonyl (C=O) groups is 1. The molecule has 0 aromatic rings. The highest BCUT2D eigenvalue weighted by molar-refractivity contribution is 7.99. The highest BCUT2D eigenvalue weighted by Gasteiger charge is 2.30. The van der Waals surface area contributed by atoms with Crippen LogP contribution in [0.5, 0.6) is 0 Å². The van der Waals surface area contributed by atoms with Gasteiger partial charge >= 0.3 is 5.97 Å². The molecule has 1 unspecified atom stereocenters. The fourth-order valence-electron chi connectivity index (χ4n) is 1.44. The molecular weight excluding hydrogens is 226 g/mol. The van der Waals surface area contributed by atoms with Crippen LogP contribution in [-0.4, -0.2) is 54.1 Å². The molecule has 1 N–H and O–H groups in total. The molecule has 1 heterocycles. The molecule has 1 atom stereocenters. The normalized spacial score (nSPS) is 24.8. The summed E-state index contributed by atoms with van der Waals surface area (Å²) in [5.41, 5.74) is 0. The van der Waals surface area contributed by atoms with Crippen LogP contribution < -0.4 is 0 Å². The molecule has 0 spiro atoms. The van der Waals surface area contributed by atoms with Gasteiger partial charge in [-0.2, -0.15) is 16.1 Å². The number of hydrogen-bond acceptors (Lipinski definition) is 4. The number of thioether (sulfide) groups is 1. The van der Waals surface area contributed by atoms with Gasteiger partial charge in [-0.15, -0.1) is 0 Å². The van der Waals surface area contributed by atoms with Gasteiger partial charge in [0.1, 0.15) is 0 Å². The van der Waals surface area contributed by atoms with Crippen molar-refractivity contribution in [2.24, 2.45) is 0 Å². The summed E-state index contributed by atoms with van der Waals surface area (Å²) in [7, 11) is -3.26. The maximum absolute atomic E-state index is 11.3. The van der Waals surface area contributed by atoms with Gasteiger partial charge < -0.3 is 5.11 Å². The minimum absolute atomic E-state index is 0.111. The Morgan fingerprint density at radius 2 is 2.29 bits per heavy atom. The first-order valence-corrected chi connectivity index (χ1v) is 7.18. The Kier molecular flexibility index (Phi) is 3.79. The third-order valence-electron chi connectivity index (χ3n) is 2.01. The standard InChI is InChI=1S/C7H13NO4S2/c1-14(11,12)8-2-3-13-5-6(8)4-7(9)10/h6H,2-5H2,1H3,(H,9,10). The maximum Gasteiger partial charge on any atom is 0.305 e. The van der Waals surface area contributed by atoms with E-state index < -0.39 is 16.0 Å². The number of carboxylic acids is 1. The minimum Gasteiger partial charge on any atom is -0.481 e. The molecule has 0 aromatic carbocycles. The van der Waals surface area contributed by atoms with Crippen LogP contribution in [-0.2, 0) is 14.8 Å². The molecule has 1 fully saturated rings. The van der Waals surface area contributed by atoms with E-state index in [9.17, 15) is 13.2 Å². The molecule has 5 nitrogen and oxygen atoms in total. The molecule has 1 rings (SSSR count). The van der Waals surface area contributed by atoms with Crippen LogP contribution in [0, 0.1) is 0 Å². The summed E-state index contributed by atoms with van der Waals surface area (Å²) in [6, 6.07) is -0.388. The van der Waals surface area contributed by atoms with E-state index in [2.05, 4.69) is 0 Å². The molecule has 0 aromatic heterocycles. The second-order valence-electron chi connectivity index (χ2n) is 3.20. The van der Waals surface area contributed by atoms with Gasteiger partial charge in [0, 0.05) is 24.1 Å². The van der Waals surface area contributed by atoms with Crippen molar-refractivity contribution in [3.8, 4) is 0 Å². The predicted octanol–water partition coefficient (Wildman–Crippen LogP) is -0.162. The van der Waals surface area contributed by atoms with Crippen LogP contribution in [0.3, 0.4) is 0 Å². The Balaban J connectivity index is 2.74. The molecule has 1 aliphatic heterocycles. The maximum atomic E-state index is 11.3. The summed E-state index contributed by atoms with van der Waals surface area (Å²) in [6.45, 7) is 0.418. The van der Waals surface area contributed by atoms with Gasteiger partial charge in [0.2, 0.25) is 10.0 Å². The third-order valence-corrected chi connectivity index (χ3v) is 4.43. The second kappa shape index (κ2) is 4.50. The van der Waals surface area contributed by atoms with Gasteiger partial charge in [0.05, 0.1) is 12.7 Å². The van der Waals surface area contributed by atoms with Crippen LogP contribution >= 0.6 is 11.8 Å². The largest absolute Gasteiger partial charge is 0.481 e. The average molecular weight is 239 g/mol. The summed E-state index contributed by atoms with van der Waals surface area (Å²) in [5.74, 6) is 0.355. The molecule has 0 bridgehead atoms. The van der Waals surface area contributed by atoms with Crippen molar-refractivity contribution in [1.82, 2.24) is 4.31 Å². The van der Waals surface area contributed by atoms with Crippen molar-refractivity contribution >= 4 is 27.8 Å². The van der Waals surface area contributed by atoms with Crippen molar-refractivity contribution in [2.45, 2.75) is 12.5 Å². The number of nitrogens with zero attached hydrogens (tertiary/aromatic N) is 1. The highest BCUT2D eigenvalue weighted by atomic mass is 32.2. The lowest BCUT2D eigenvalue weighted by Crippen LogP contribution is -2.46. The van der Waals surface area contributed by atoms with E-state index >= 15 is 0 Å². The average Bonchev–Trinajstić information content (AvgIpc) is 2.01. The number of carboxylic acid groups (broad SMARTS) is 1. The van der Waals surface area contributed by atoms with Crippen molar-refractivity contribution in [1.29, 1.82) is 0 Å². The topological polar surface area (TPSA) is 74.7 Å². The Morgan fingerprint density at radius 3 is 2.79 bits per heavy atom. The van der Waals surface area contributed by atoms with Gasteiger partial charge in [0.25, 0.3) is 0 Å². The van der Waals surface area contributed by atoms with E-state index in [1.54, 1.807) is 11.8 Å². The van der Waals surface area contributed by atoms with Gasteiger partial charge in [-0.25, -0.2) is 8.42 Å². The second-order valence-corrected chi connectivity index (χ2v) is 6.29. The predicted molar refractivity (Wildman–Crippen MR) is 54.9 cm³/mol. The fraction of sp³-hybridized carbons (Fsp3) is 0.857. The molecule has 1 saturated heterocycles. The third kappa shape index (κ3) is 3.14. The number of sulfonamides is 1. The van der Waals surface area contributed by atoms with E-state index in [4.69, 9.17) is 5.11 Å². The zero-order chi connectivity index (χ0) is 10.8. The summed E-state index contributed by atoms with van der Waals surface area (Å²) < 4.78 is 23.9. The number of rotatable bonds is 3. The Morgan fingerprint density at radius 1 is 1.64 bits per heavy atom. The highest BCUT2D eigenvalue weighted by Crippen LogP contribution is 2.21. The van der Waals surface area contributed by atoms with Crippen molar-refractivity contribution in [3.05, 3.63) is 0 Å². The van der Waals surface area contributed by atoms with E-state index in [-0.39, 0.29) is 12.5 Å². The Bertz CT molecular complexity index is 314. The lowest BCUT2D eigenvalue weighted by Gasteiger charge is -2.32. The number of aliphatic carboxylic acids is 1. The van der Waals surface area contributed by atoms with Crippen LogP contribution in [0.2, 0.25) is 0 Å². The molecule has 14 heavy (non-hydrogen) atoms. The van der Waals surface area contributed by atoms with Crippen molar-refractivity contribution in [3.63, 3.8) is 0 Å². The first kappa shape index (κ1) is 11.8. The molecule has 0 aliphatic carbocycles. The van der Waals surface area contributed by atoms with Gasteiger partial charge in [-0.3, -0.25) is 4.79 Å². The van der Waals surface area contributed by atoms with Gasteiger partial charge in [0.15, 0.2) is 0 Å². The van der Waals surface area contributed by atoms with Crippen LogP contribution in [0.15, 0.2) is 0 Å². The Labute approximate surface area is 87.5 Å². The smallest absolute Gasteiger partial charge is 0.305 e. The first-order valence-electron chi connectivity index (χ1n) is 4.17. The van der Waals surface area contributed by atoms with E-state index in [0.717, 1.165) is 12.0 Å². The quantitative estimate of drug-likeness (QED) is 0.740. The zero-order valence-electron chi connectivity index (χ0n) is 7.84. The van der Waals surface area contributed by atoms with Gasteiger partial charge in [-0.1, -0.05) is 0 Å². The zero-order valence-corrected chi connectivity index (χ0v) is 9.47. The van der Waals surface area contributed by atoms with Crippen LogP contribution in [0.1, 0.15) is 6.42 Å². The lowest BCUT2D eigenvalue weighted by molar-refractivity contribution is -0.137. The van der Waals surface area contributed by atoms with E-state index in [1.807, 2.05) is 0 Å². The summed E-state index contributed by atoms with van der Waals surface area (Å²) >= 11 is 1.60. The van der Waals surface area contributed by atoms with Crippen molar-refractivity contribution in [2.75, 3.05) is 24.3 Å². The SMILES string of the molecule is CS(=O)(=O)N1CCSCC1CC(=O)O. The Hall–Kier alpha value is -0.270. The van der Waals surface area contributed by atoms with Crippen LogP contribution in [0.25, 0.3) is 0 Å². The van der Waals surface area contributed by atoms with Crippen LogP contribution in [0.4, 0.5) is 0 Å². The summed E-state index contributed by atoms with van der Waals surface area (Å²) in [6.07, 6.45) is 1.01. The molecular formula is C7H13NO4S2.